The number of nitrogens with zero attached hydrogens (tertiary/aromatic N) is 2. The predicted octanol–water partition coefficient (Wildman–Crippen LogP) is 6.18. The number of pyridine rings is 1. The third kappa shape index (κ3) is 7.69. The van der Waals surface area contributed by atoms with Gasteiger partial charge in [0.05, 0.1) is 27.9 Å². The smallest absolute Gasteiger partial charge is 0.395 e. The van der Waals surface area contributed by atoms with Crippen LogP contribution in [0.4, 0.5) is 24.7 Å². The molecule has 0 aliphatic heterocycles. The highest BCUT2D eigenvalue weighted by atomic mass is 79.9. The third-order valence-corrected chi connectivity index (χ3v) is 6.31. The molecule has 14 heteroatoms. The zero-order valence-electron chi connectivity index (χ0n) is 20.4. The molecule has 1 unspecified atom stereocenters. The summed E-state index contributed by atoms with van der Waals surface area (Å²) in [5.41, 5.74) is 2.59. The number of fused-ring (bicyclic) bond motifs is 1. The average Bonchev–Trinajstić information content (AvgIpc) is 2.85. The van der Waals surface area contributed by atoms with Crippen LogP contribution in [0.3, 0.4) is 0 Å². The second-order valence-corrected chi connectivity index (χ2v) is 9.87. The van der Waals surface area contributed by atoms with Crippen LogP contribution in [0.15, 0.2) is 63.8 Å². The number of carbonyl (C=O) groups is 2. The number of amides is 2. The Balaban J connectivity index is 2.16. The van der Waals surface area contributed by atoms with Crippen molar-refractivity contribution in [1.29, 1.82) is 0 Å². The van der Waals surface area contributed by atoms with E-state index in [0.717, 1.165) is 0 Å². The van der Waals surface area contributed by atoms with Crippen LogP contribution in [-0.2, 0) is 9.53 Å². The minimum Gasteiger partial charge on any atom is -0.395 e. The molecule has 1 atom stereocenters. The largest absolute Gasteiger partial charge is 0.430 e. The normalized spacial score (nSPS) is 13.3. The molecule has 0 aliphatic carbocycles. The van der Waals surface area contributed by atoms with Crippen molar-refractivity contribution < 1.29 is 27.5 Å². The van der Waals surface area contributed by atoms with Gasteiger partial charge in [0.1, 0.15) is 11.4 Å². The van der Waals surface area contributed by atoms with Gasteiger partial charge in [-0.2, -0.15) is 13.2 Å². The Morgan fingerprint density at radius 1 is 1.26 bits per heavy atom. The van der Waals surface area contributed by atoms with Gasteiger partial charge in [-0.15, -0.1) is 0 Å². The van der Waals surface area contributed by atoms with Crippen molar-refractivity contribution in [3.05, 3.63) is 74.4 Å². The fourth-order valence-corrected chi connectivity index (χ4v) is 4.22. The van der Waals surface area contributed by atoms with Gasteiger partial charge in [-0.05, 0) is 48.7 Å². The van der Waals surface area contributed by atoms with Crippen LogP contribution in [-0.4, -0.2) is 48.4 Å². The maximum Gasteiger partial charge on any atom is 0.430 e. The number of anilines is 1. The molecule has 206 valence electrons. The van der Waals surface area contributed by atoms with Gasteiger partial charge >= 0.3 is 6.18 Å². The number of nitrogens with two attached hydrogens (primary N) is 1. The van der Waals surface area contributed by atoms with Crippen molar-refractivity contribution >= 4 is 78.9 Å². The average molecular weight is 647 g/mol. The number of alkyl halides is 3. The lowest BCUT2D eigenvalue weighted by Crippen LogP contribution is -2.36. The molecule has 3 rings (SSSR count). The summed E-state index contributed by atoms with van der Waals surface area (Å²) >= 11 is 16.0. The molecule has 4 N–H and O–H groups in total. The second kappa shape index (κ2) is 12.8. The van der Waals surface area contributed by atoms with E-state index in [1.165, 1.54) is 31.5 Å². The number of ether oxygens (including phenoxy) is 1. The molecular formula is C25H21BrCl2F3N5O3. The molecule has 1 aromatic heterocycles. The van der Waals surface area contributed by atoms with Crippen LogP contribution in [0.2, 0.25) is 10.0 Å². The number of hydrogen-bond acceptors (Lipinski definition) is 6. The molecule has 2 aromatic carbocycles. The minimum absolute atomic E-state index is 0.0247. The Morgan fingerprint density at radius 2 is 1.97 bits per heavy atom. The van der Waals surface area contributed by atoms with Crippen molar-refractivity contribution in [2.45, 2.75) is 19.1 Å². The molecule has 0 bridgehead atoms. The number of nitrogens with one attached hydrogen (secondary N) is 2. The van der Waals surface area contributed by atoms with E-state index in [1.807, 2.05) is 0 Å². The molecule has 3 aromatic rings. The van der Waals surface area contributed by atoms with Crippen molar-refractivity contribution in [3.63, 3.8) is 0 Å². The fraction of sp³-hybridized carbons (Fsp3) is 0.200. The topological polar surface area (TPSA) is 119 Å². The number of carbonyl (C=O) groups excluding carboxylic acids is 2. The van der Waals surface area contributed by atoms with Crippen molar-refractivity contribution in [2.24, 2.45) is 10.7 Å². The van der Waals surface area contributed by atoms with Crippen molar-refractivity contribution in [1.82, 2.24) is 10.3 Å². The third-order valence-electron chi connectivity index (χ3n) is 5.13. The van der Waals surface area contributed by atoms with Gasteiger partial charge in [-0.3, -0.25) is 9.59 Å². The van der Waals surface area contributed by atoms with E-state index in [2.05, 4.69) is 36.5 Å². The van der Waals surface area contributed by atoms with Gasteiger partial charge in [0.2, 0.25) is 0 Å². The minimum atomic E-state index is -4.95. The summed E-state index contributed by atoms with van der Waals surface area (Å²) < 4.78 is 45.5. The molecule has 0 saturated heterocycles. The van der Waals surface area contributed by atoms with E-state index in [9.17, 15) is 22.8 Å². The van der Waals surface area contributed by atoms with Gasteiger partial charge in [0.25, 0.3) is 11.8 Å². The second-order valence-electron chi connectivity index (χ2n) is 8.17. The first-order valence-corrected chi connectivity index (χ1v) is 12.6. The summed E-state index contributed by atoms with van der Waals surface area (Å²) in [5.74, 6) is -1.99. The van der Waals surface area contributed by atoms with E-state index >= 15 is 0 Å². The van der Waals surface area contributed by atoms with E-state index in [-0.39, 0.29) is 33.7 Å². The number of allylic oxidation sites excluding steroid dienone is 1. The van der Waals surface area contributed by atoms with Crippen LogP contribution < -0.4 is 16.4 Å². The van der Waals surface area contributed by atoms with Gasteiger partial charge in [0.15, 0.2) is 5.82 Å². The predicted molar refractivity (Wildman–Crippen MR) is 149 cm³/mol. The van der Waals surface area contributed by atoms with Gasteiger partial charge < -0.3 is 21.1 Å². The Hall–Kier alpha value is -3.19. The maximum absolute atomic E-state index is 13.3. The van der Waals surface area contributed by atoms with Crippen LogP contribution in [0.25, 0.3) is 10.8 Å². The van der Waals surface area contributed by atoms with Crippen LogP contribution in [0.5, 0.6) is 0 Å². The molecule has 0 saturated carbocycles. The van der Waals surface area contributed by atoms with E-state index < -0.39 is 35.4 Å². The summed E-state index contributed by atoms with van der Waals surface area (Å²) in [7, 11) is 1.47. The van der Waals surface area contributed by atoms with E-state index in [0.29, 0.717) is 21.3 Å². The molecule has 39 heavy (non-hydrogen) atoms. The summed E-state index contributed by atoms with van der Waals surface area (Å²) in [6.07, 6.45) is -3.32. The Labute approximate surface area is 239 Å². The lowest BCUT2D eigenvalue weighted by atomic mass is 10.0. The Bertz CT molecular complexity index is 1480. The first-order valence-electron chi connectivity index (χ1n) is 11.1. The lowest BCUT2D eigenvalue weighted by Gasteiger charge is -2.18. The van der Waals surface area contributed by atoms with Crippen molar-refractivity contribution in [3.8, 4) is 0 Å². The fourth-order valence-electron chi connectivity index (χ4n) is 3.36. The van der Waals surface area contributed by atoms with Crippen LogP contribution >= 0.6 is 39.1 Å². The molecule has 2 amide bonds. The number of methoxy groups -OCH3 is 1. The highest BCUT2D eigenvalue weighted by molar-refractivity contribution is 9.10. The molecule has 0 radical (unpaired) electrons. The Morgan fingerprint density at radius 3 is 2.62 bits per heavy atom. The maximum atomic E-state index is 13.3. The van der Waals surface area contributed by atoms with Crippen LogP contribution in [0, 0.1) is 0 Å². The van der Waals surface area contributed by atoms with E-state index in [1.54, 1.807) is 25.1 Å². The lowest BCUT2D eigenvalue weighted by molar-refractivity contribution is -0.110. The summed E-state index contributed by atoms with van der Waals surface area (Å²) in [6, 6.07) is 9.00. The SMILES string of the molecule is COCC(C)NC(=O)c1cc2cc(Br)ccc2c(Cl)c1NC(=O)C(C=C(N)C(F)(F)F)=Nc1ncccc1Cl. The summed E-state index contributed by atoms with van der Waals surface area (Å²) in [5, 5.41) is 6.12. The number of rotatable bonds is 8. The first kappa shape index (κ1) is 30.4. The monoisotopic (exact) mass is 645 g/mol. The number of benzene rings is 2. The van der Waals surface area contributed by atoms with Gasteiger partial charge in [0, 0.05) is 29.2 Å². The molecule has 8 nitrogen and oxygen atoms in total. The number of aromatic nitrogens is 1. The van der Waals surface area contributed by atoms with E-state index in [4.69, 9.17) is 33.7 Å². The number of hydrogen-bond donors (Lipinski definition) is 3. The van der Waals surface area contributed by atoms with Gasteiger partial charge in [-0.1, -0.05) is 45.2 Å². The molecular weight excluding hydrogens is 626 g/mol. The van der Waals surface area contributed by atoms with Crippen molar-refractivity contribution in [2.75, 3.05) is 19.0 Å². The molecule has 1 heterocycles. The highest BCUT2D eigenvalue weighted by Crippen LogP contribution is 2.36. The summed E-state index contributed by atoms with van der Waals surface area (Å²) in [4.78, 5) is 34.3. The van der Waals surface area contributed by atoms with Gasteiger partial charge in [-0.25, -0.2) is 9.98 Å². The quantitative estimate of drug-likeness (QED) is 0.252. The summed E-state index contributed by atoms with van der Waals surface area (Å²) in [6.45, 7) is 1.90. The standard InChI is InChI=1S/C25H21BrCl2F3N5O3/c1-12(11-39-2)34-23(37)16-9-13-8-14(26)5-6-15(13)20(28)21(16)36-24(38)18(10-19(32)25(29,30)31)35-22-17(27)4-3-7-33-22/h3-10,12H,11,32H2,1-2H3,(H,34,37)(H,36,38). The zero-order chi connectivity index (χ0) is 28.9. The number of aliphatic imine (C=N–C) groups is 1. The first-order chi connectivity index (χ1) is 18.3. The Kier molecular flexibility index (Phi) is 9.94. The molecule has 0 aliphatic rings. The zero-order valence-corrected chi connectivity index (χ0v) is 23.5. The van der Waals surface area contributed by atoms with Crippen LogP contribution in [0.1, 0.15) is 17.3 Å². The molecule has 0 spiro atoms. The highest BCUT2D eigenvalue weighted by Gasteiger charge is 2.33. The molecule has 0 fully saturated rings. The number of halogens is 6.